The van der Waals surface area contributed by atoms with Gasteiger partial charge in [0, 0.05) is 29.2 Å². The predicted octanol–water partition coefficient (Wildman–Crippen LogP) is 6.68. The molecule has 0 bridgehead atoms. The Morgan fingerprint density at radius 1 is 1.26 bits per heavy atom. The van der Waals surface area contributed by atoms with Gasteiger partial charge in [0.2, 0.25) is 0 Å². The fourth-order valence-corrected chi connectivity index (χ4v) is 4.18. The van der Waals surface area contributed by atoms with E-state index in [0.29, 0.717) is 18.8 Å². The van der Waals surface area contributed by atoms with Crippen LogP contribution in [0.15, 0.2) is 47.9 Å². The Hall–Kier alpha value is -3.28. The Kier molecular flexibility index (Phi) is 10.2. The number of ether oxygens (including phenoxy) is 1. The molecule has 0 aliphatic carbocycles. The Morgan fingerprint density at radius 2 is 2.00 bits per heavy atom. The van der Waals surface area contributed by atoms with Crippen molar-refractivity contribution in [2.75, 3.05) is 18.5 Å². The van der Waals surface area contributed by atoms with Crippen LogP contribution in [-0.2, 0) is 11.2 Å². The number of hydrogen-bond donors (Lipinski definition) is 3. The molecule has 2 aromatic heterocycles. The smallest absolute Gasteiger partial charge is 0.102 e. The lowest BCUT2D eigenvalue weighted by Crippen LogP contribution is -2.14. The Bertz CT molecular complexity index is 1120. The van der Waals surface area contributed by atoms with Crippen LogP contribution < -0.4 is 11.1 Å². The van der Waals surface area contributed by atoms with Gasteiger partial charge in [0.15, 0.2) is 0 Å². The van der Waals surface area contributed by atoms with E-state index in [-0.39, 0.29) is 6.04 Å². The number of nitrogens with one attached hydrogen (secondary N) is 2. The summed E-state index contributed by atoms with van der Waals surface area (Å²) in [7, 11) is 0. The number of hydrogen-bond acceptors (Lipinski definition) is 5. The maximum absolute atomic E-state index is 7.31. The van der Waals surface area contributed by atoms with Crippen LogP contribution >= 0.6 is 0 Å². The lowest BCUT2D eigenvalue weighted by atomic mass is 10.1. The quantitative estimate of drug-likeness (QED) is 0.186. The minimum Gasteiger partial charge on any atom is -0.498 e. The molecule has 0 amide bonds. The fourth-order valence-electron chi connectivity index (χ4n) is 4.18. The summed E-state index contributed by atoms with van der Waals surface area (Å²) in [6.45, 7) is 15.9. The molecule has 0 radical (unpaired) electrons. The molecular formula is C28H41N5O. The highest BCUT2D eigenvalue weighted by atomic mass is 16.5. The summed E-state index contributed by atoms with van der Waals surface area (Å²) in [5, 5.41) is 10.8. The highest BCUT2D eigenvalue weighted by Crippen LogP contribution is 2.36. The molecule has 0 aliphatic rings. The van der Waals surface area contributed by atoms with Crippen molar-refractivity contribution < 1.29 is 4.74 Å². The van der Waals surface area contributed by atoms with Gasteiger partial charge in [-0.2, -0.15) is 0 Å². The molecule has 0 fully saturated rings. The molecule has 0 unspecified atom stereocenters. The average molecular weight is 464 g/mol. The van der Waals surface area contributed by atoms with Gasteiger partial charge in [0.1, 0.15) is 5.76 Å². The summed E-state index contributed by atoms with van der Waals surface area (Å²) in [5.41, 5.74) is 14.0. The van der Waals surface area contributed by atoms with Crippen LogP contribution in [0.5, 0.6) is 0 Å². The van der Waals surface area contributed by atoms with Crippen LogP contribution in [0.3, 0.4) is 0 Å². The number of nitrogens with two attached hydrogens (primary N) is 1. The summed E-state index contributed by atoms with van der Waals surface area (Å²) in [6.07, 6.45) is 13.0. The number of aromatic nitrogens is 2. The van der Waals surface area contributed by atoms with Crippen molar-refractivity contribution in [1.82, 2.24) is 9.55 Å². The second-order valence-electron chi connectivity index (χ2n) is 8.50. The van der Waals surface area contributed by atoms with Crippen LogP contribution in [0.25, 0.3) is 16.6 Å². The summed E-state index contributed by atoms with van der Waals surface area (Å²) in [4.78, 5) is 5.16. The zero-order valence-corrected chi connectivity index (χ0v) is 21.8. The Balaban J connectivity index is 2.84. The maximum Gasteiger partial charge on any atom is 0.102 e. The third-order valence-corrected chi connectivity index (χ3v) is 5.71. The number of rotatable bonds is 12. The fraction of sp³-hybridized carbons (Fsp3) is 0.429. The number of allylic oxidation sites excluding steroid dienone is 7. The van der Waals surface area contributed by atoms with E-state index in [0.717, 1.165) is 46.6 Å². The van der Waals surface area contributed by atoms with Crippen molar-refractivity contribution in [2.24, 2.45) is 5.73 Å². The highest BCUT2D eigenvalue weighted by molar-refractivity contribution is 5.95. The van der Waals surface area contributed by atoms with E-state index in [1.54, 1.807) is 6.08 Å². The van der Waals surface area contributed by atoms with Crippen LogP contribution in [0, 0.1) is 12.3 Å². The van der Waals surface area contributed by atoms with Crippen molar-refractivity contribution in [3.05, 3.63) is 64.9 Å². The molecule has 4 N–H and O–H groups in total. The molecule has 0 saturated heterocycles. The maximum atomic E-state index is 7.31. The summed E-state index contributed by atoms with van der Waals surface area (Å²) < 4.78 is 8.27. The first kappa shape index (κ1) is 27.0. The number of nitrogens with zero attached hydrogens (tertiary/aromatic N) is 2. The van der Waals surface area contributed by atoms with Gasteiger partial charge in [-0.05, 0) is 71.2 Å². The number of fused-ring (bicyclic) bond motifs is 1. The van der Waals surface area contributed by atoms with E-state index in [1.807, 2.05) is 19.9 Å². The molecule has 2 aromatic rings. The molecule has 0 atom stereocenters. The molecule has 2 heterocycles. The lowest BCUT2D eigenvalue weighted by Gasteiger charge is -2.18. The van der Waals surface area contributed by atoms with Gasteiger partial charge in [-0.1, -0.05) is 32.1 Å². The van der Waals surface area contributed by atoms with E-state index in [4.69, 9.17) is 20.9 Å². The Labute approximate surface area is 204 Å². The van der Waals surface area contributed by atoms with Crippen LogP contribution in [0.4, 0.5) is 5.69 Å². The lowest BCUT2D eigenvalue weighted by molar-refractivity contribution is 0.233. The van der Waals surface area contributed by atoms with Crippen molar-refractivity contribution in [3.63, 3.8) is 0 Å². The molecule has 6 nitrogen and oxygen atoms in total. The second-order valence-corrected chi connectivity index (χ2v) is 8.50. The standard InChI is InChI=1S/C28H41N5O/c1-8-11-12-13-14-23(21(7)34-10-3)24-17-25(31-18-22(30)15-16-29)28-27(32-24)20(6)26(9-2)33(28)19(4)5/h11-17,19,29H,8-10,18,30H2,1-7H3,(H,31,32)/b12-11+,14-13-,22-15?,23-21-,29-16?. The molecule has 34 heavy (non-hydrogen) atoms. The van der Waals surface area contributed by atoms with E-state index < -0.39 is 0 Å². The van der Waals surface area contributed by atoms with E-state index in [1.165, 1.54) is 17.5 Å². The minimum atomic E-state index is 0.285. The molecule has 184 valence electrons. The van der Waals surface area contributed by atoms with Crippen LogP contribution in [-0.4, -0.2) is 28.9 Å². The average Bonchev–Trinajstić information content (AvgIpc) is 3.09. The zero-order chi connectivity index (χ0) is 25.3. The molecule has 6 heteroatoms. The van der Waals surface area contributed by atoms with Gasteiger partial charge in [-0.3, -0.25) is 0 Å². The SMILES string of the molecule is CC/C=C/C=C\C(=C(/C)OCC)c1cc(NCC(N)=CC=N)c2c(n1)c(C)c(CC)n2C(C)C. The van der Waals surface area contributed by atoms with Crippen molar-refractivity contribution >= 4 is 28.5 Å². The second kappa shape index (κ2) is 12.8. The molecule has 0 saturated carbocycles. The van der Waals surface area contributed by atoms with Gasteiger partial charge in [-0.25, -0.2) is 4.98 Å². The van der Waals surface area contributed by atoms with Crippen molar-refractivity contribution in [1.29, 1.82) is 5.41 Å². The highest BCUT2D eigenvalue weighted by Gasteiger charge is 2.21. The molecule has 0 spiro atoms. The summed E-state index contributed by atoms with van der Waals surface area (Å²) in [6, 6.07) is 2.37. The van der Waals surface area contributed by atoms with E-state index in [9.17, 15) is 0 Å². The zero-order valence-electron chi connectivity index (χ0n) is 21.8. The number of pyridine rings is 1. The van der Waals surface area contributed by atoms with Gasteiger partial charge < -0.3 is 25.8 Å². The molecule has 0 aliphatic heterocycles. The monoisotopic (exact) mass is 463 g/mol. The van der Waals surface area contributed by atoms with Crippen molar-refractivity contribution in [3.8, 4) is 0 Å². The third-order valence-electron chi connectivity index (χ3n) is 5.71. The first-order valence-corrected chi connectivity index (χ1v) is 12.2. The number of anilines is 1. The predicted molar refractivity (Wildman–Crippen MR) is 147 cm³/mol. The van der Waals surface area contributed by atoms with Crippen LogP contribution in [0.2, 0.25) is 0 Å². The first-order chi connectivity index (χ1) is 16.3. The topological polar surface area (TPSA) is 88.9 Å². The Morgan fingerprint density at radius 3 is 2.59 bits per heavy atom. The number of aryl methyl sites for hydroxylation is 1. The normalized spacial score (nSPS) is 13.4. The van der Waals surface area contributed by atoms with Crippen LogP contribution in [0.1, 0.15) is 71.0 Å². The van der Waals surface area contributed by atoms with E-state index >= 15 is 0 Å². The van der Waals surface area contributed by atoms with Gasteiger partial charge >= 0.3 is 0 Å². The van der Waals surface area contributed by atoms with Crippen molar-refractivity contribution in [2.45, 2.75) is 67.3 Å². The third kappa shape index (κ3) is 6.19. The first-order valence-electron chi connectivity index (χ1n) is 12.2. The molecular weight excluding hydrogens is 422 g/mol. The molecule has 0 aromatic carbocycles. The van der Waals surface area contributed by atoms with E-state index in [2.05, 4.69) is 68.8 Å². The summed E-state index contributed by atoms with van der Waals surface area (Å²) >= 11 is 0. The largest absolute Gasteiger partial charge is 0.498 e. The molecule has 2 rings (SSSR count). The van der Waals surface area contributed by atoms with Gasteiger partial charge in [-0.15, -0.1) is 0 Å². The van der Waals surface area contributed by atoms with Gasteiger partial charge in [0.05, 0.1) is 35.6 Å². The minimum absolute atomic E-state index is 0.285. The van der Waals surface area contributed by atoms with Gasteiger partial charge in [0.25, 0.3) is 0 Å². The summed E-state index contributed by atoms with van der Waals surface area (Å²) in [5.74, 6) is 0.835.